The number of pyridine rings is 1. The quantitative estimate of drug-likeness (QED) is 0.472. The monoisotopic (exact) mass is 449 g/mol. The summed E-state index contributed by atoms with van der Waals surface area (Å²) in [6.07, 6.45) is 0.993. The Kier molecular flexibility index (Phi) is 5.47. The Morgan fingerprint density at radius 2 is 2.00 bits per heavy atom. The first-order chi connectivity index (χ1) is 16.0. The highest BCUT2D eigenvalue weighted by Crippen LogP contribution is 2.34. The van der Waals surface area contributed by atoms with Crippen molar-refractivity contribution in [1.29, 1.82) is 0 Å². The minimum absolute atomic E-state index is 0.218. The van der Waals surface area contributed by atoms with Crippen LogP contribution in [-0.2, 0) is 11.3 Å². The predicted octanol–water partition coefficient (Wildman–Crippen LogP) is 4.80. The van der Waals surface area contributed by atoms with E-state index in [1.54, 1.807) is 18.0 Å². The molecule has 0 fully saturated rings. The van der Waals surface area contributed by atoms with Crippen LogP contribution in [0.15, 0.2) is 54.7 Å². The molecular formula is C24H21F2N5O2. The second kappa shape index (κ2) is 8.59. The summed E-state index contributed by atoms with van der Waals surface area (Å²) in [5.41, 5.74) is 3.80. The standard InChI is InChI=1S/C24H21F2N5O2/c1-14-11-15(7-8-27-14)18-6-4-17(13-21(18)32-2)28-24-29-23-22(33-10-9-31(23)30-24)19-5-3-16(25)12-20(19)26/h3-8,11-13,22H,9-10H2,1-2H3,(H,28,30). The number of rotatable bonds is 5. The molecule has 0 amide bonds. The molecule has 33 heavy (non-hydrogen) atoms. The smallest absolute Gasteiger partial charge is 0.246 e. The fourth-order valence-electron chi connectivity index (χ4n) is 3.89. The average Bonchev–Trinajstić information content (AvgIpc) is 3.22. The first-order valence-electron chi connectivity index (χ1n) is 10.4. The maximum absolute atomic E-state index is 14.4. The van der Waals surface area contributed by atoms with Crippen LogP contribution in [0.25, 0.3) is 11.1 Å². The second-order valence-corrected chi connectivity index (χ2v) is 7.66. The number of anilines is 2. The molecule has 2 aromatic heterocycles. The Hall–Kier alpha value is -3.85. The number of benzene rings is 2. The molecule has 0 bridgehead atoms. The Balaban J connectivity index is 1.43. The van der Waals surface area contributed by atoms with Crippen molar-refractivity contribution < 1.29 is 18.3 Å². The lowest BCUT2D eigenvalue weighted by molar-refractivity contribution is 0.0368. The molecule has 3 heterocycles. The molecule has 0 saturated heterocycles. The molecule has 9 heteroatoms. The number of hydrogen-bond donors (Lipinski definition) is 1. The van der Waals surface area contributed by atoms with Crippen molar-refractivity contribution in [3.8, 4) is 16.9 Å². The molecule has 1 N–H and O–H groups in total. The lowest BCUT2D eigenvalue weighted by atomic mass is 10.0. The van der Waals surface area contributed by atoms with E-state index in [1.165, 1.54) is 12.1 Å². The van der Waals surface area contributed by atoms with Gasteiger partial charge < -0.3 is 14.8 Å². The summed E-state index contributed by atoms with van der Waals surface area (Å²) in [5, 5.41) is 7.66. The van der Waals surface area contributed by atoms with Gasteiger partial charge in [0.1, 0.15) is 23.5 Å². The van der Waals surface area contributed by atoms with E-state index in [0.717, 1.165) is 28.6 Å². The Morgan fingerprint density at radius 1 is 1.12 bits per heavy atom. The molecule has 0 radical (unpaired) electrons. The third kappa shape index (κ3) is 4.14. The van der Waals surface area contributed by atoms with Crippen molar-refractivity contribution in [1.82, 2.24) is 19.7 Å². The maximum Gasteiger partial charge on any atom is 0.246 e. The Morgan fingerprint density at radius 3 is 2.79 bits per heavy atom. The normalized spacial score (nSPS) is 15.2. The van der Waals surface area contributed by atoms with E-state index < -0.39 is 17.7 Å². The summed E-state index contributed by atoms with van der Waals surface area (Å²) in [6.45, 7) is 2.75. The minimum Gasteiger partial charge on any atom is -0.496 e. The van der Waals surface area contributed by atoms with Crippen molar-refractivity contribution >= 4 is 11.6 Å². The third-order valence-electron chi connectivity index (χ3n) is 5.43. The van der Waals surface area contributed by atoms with E-state index in [-0.39, 0.29) is 5.56 Å². The first-order valence-corrected chi connectivity index (χ1v) is 10.4. The number of fused-ring (bicyclic) bond motifs is 1. The van der Waals surface area contributed by atoms with Gasteiger partial charge in [-0.25, -0.2) is 13.5 Å². The second-order valence-electron chi connectivity index (χ2n) is 7.66. The number of nitrogens with zero attached hydrogens (tertiary/aromatic N) is 4. The number of halogens is 2. The number of aryl methyl sites for hydroxylation is 1. The number of aromatic nitrogens is 4. The largest absolute Gasteiger partial charge is 0.496 e. The highest BCUT2D eigenvalue weighted by molar-refractivity contribution is 5.74. The van der Waals surface area contributed by atoms with Crippen molar-refractivity contribution in [3.05, 3.63) is 83.4 Å². The minimum atomic E-state index is -0.769. The summed E-state index contributed by atoms with van der Waals surface area (Å²) in [6, 6.07) is 13.0. The van der Waals surface area contributed by atoms with E-state index in [9.17, 15) is 8.78 Å². The Bertz CT molecular complexity index is 1320. The fraction of sp³-hybridized carbons (Fsp3) is 0.208. The summed E-state index contributed by atoms with van der Waals surface area (Å²) in [4.78, 5) is 8.76. The van der Waals surface area contributed by atoms with E-state index in [0.29, 0.717) is 30.7 Å². The molecule has 168 valence electrons. The van der Waals surface area contributed by atoms with Gasteiger partial charge in [-0.15, -0.1) is 5.10 Å². The van der Waals surface area contributed by atoms with E-state index in [1.807, 2.05) is 37.3 Å². The number of methoxy groups -OCH3 is 1. The average molecular weight is 449 g/mol. The molecule has 7 nitrogen and oxygen atoms in total. The van der Waals surface area contributed by atoms with Crippen molar-refractivity contribution in [3.63, 3.8) is 0 Å². The highest BCUT2D eigenvalue weighted by atomic mass is 19.1. The van der Waals surface area contributed by atoms with Gasteiger partial charge in [-0.1, -0.05) is 6.07 Å². The first kappa shape index (κ1) is 21.0. The summed E-state index contributed by atoms with van der Waals surface area (Å²) in [7, 11) is 1.61. The number of hydrogen-bond acceptors (Lipinski definition) is 6. The SMILES string of the molecule is COc1cc(Nc2nc3n(n2)CCOC3c2ccc(F)cc2F)ccc1-c1ccnc(C)c1. The van der Waals surface area contributed by atoms with Gasteiger partial charge >= 0.3 is 0 Å². The van der Waals surface area contributed by atoms with Gasteiger partial charge in [0.15, 0.2) is 5.82 Å². The zero-order chi connectivity index (χ0) is 22.9. The molecule has 1 aliphatic rings. The van der Waals surface area contributed by atoms with Gasteiger partial charge in [0, 0.05) is 40.8 Å². The summed E-state index contributed by atoms with van der Waals surface area (Å²) < 4.78 is 40.7. The molecule has 0 spiro atoms. The molecule has 0 saturated carbocycles. The molecule has 0 aliphatic carbocycles. The van der Waals surface area contributed by atoms with Crippen molar-refractivity contribution in [2.45, 2.75) is 19.6 Å². The van der Waals surface area contributed by atoms with Gasteiger partial charge in [-0.2, -0.15) is 4.98 Å². The van der Waals surface area contributed by atoms with Gasteiger partial charge in [0.2, 0.25) is 5.95 Å². The number of ether oxygens (including phenoxy) is 2. The topological polar surface area (TPSA) is 74.1 Å². The van der Waals surface area contributed by atoms with Crippen molar-refractivity contribution in [2.24, 2.45) is 0 Å². The van der Waals surface area contributed by atoms with Gasteiger partial charge in [-0.05, 0) is 42.8 Å². The third-order valence-corrected chi connectivity index (χ3v) is 5.43. The zero-order valence-corrected chi connectivity index (χ0v) is 18.0. The van der Waals surface area contributed by atoms with Crippen molar-refractivity contribution in [2.75, 3.05) is 19.0 Å². The van der Waals surface area contributed by atoms with Crippen LogP contribution in [-0.4, -0.2) is 33.5 Å². The van der Waals surface area contributed by atoms with E-state index >= 15 is 0 Å². The molecule has 1 aliphatic heterocycles. The van der Waals surface area contributed by atoms with Crippen LogP contribution in [0.4, 0.5) is 20.4 Å². The molecule has 5 rings (SSSR count). The molecule has 1 unspecified atom stereocenters. The van der Waals surface area contributed by atoms with E-state index in [2.05, 4.69) is 20.4 Å². The summed E-state index contributed by atoms with van der Waals surface area (Å²) in [5.74, 6) is 0.152. The predicted molar refractivity (Wildman–Crippen MR) is 118 cm³/mol. The number of nitrogens with one attached hydrogen (secondary N) is 1. The molecule has 4 aromatic rings. The van der Waals surface area contributed by atoms with Gasteiger partial charge in [0.05, 0.1) is 20.3 Å². The zero-order valence-electron chi connectivity index (χ0n) is 18.0. The van der Waals surface area contributed by atoms with Crippen LogP contribution >= 0.6 is 0 Å². The van der Waals surface area contributed by atoms with Crippen LogP contribution in [0.5, 0.6) is 5.75 Å². The van der Waals surface area contributed by atoms with Crippen LogP contribution in [0.2, 0.25) is 0 Å². The lowest BCUT2D eigenvalue weighted by Gasteiger charge is -2.23. The lowest BCUT2D eigenvalue weighted by Crippen LogP contribution is -2.24. The molecule has 1 atom stereocenters. The van der Waals surface area contributed by atoms with Crippen LogP contribution in [0.1, 0.15) is 23.2 Å². The maximum atomic E-state index is 14.4. The molecule has 2 aromatic carbocycles. The van der Waals surface area contributed by atoms with Gasteiger partial charge in [-0.3, -0.25) is 4.98 Å². The van der Waals surface area contributed by atoms with Gasteiger partial charge in [0.25, 0.3) is 0 Å². The van der Waals surface area contributed by atoms with E-state index in [4.69, 9.17) is 9.47 Å². The van der Waals surface area contributed by atoms with Crippen LogP contribution < -0.4 is 10.1 Å². The molecular weight excluding hydrogens is 428 g/mol. The van der Waals surface area contributed by atoms with Crippen LogP contribution in [0, 0.1) is 18.6 Å². The highest BCUT2D eigenvalue weighted by Gasteiger charge is 2.29. The Labute approximate surface area is 189 Å². The summed E-state index contributed by atoms with van der Waals surface area (Å²) >= 11 is 0. The van der Waals surface area contributed by atoms with Crippen LogP contribution in [0.3, 0.4) is 0 Å². The fourth-order valence-corrected chi connectivity index (χ4v) is 3.89.